The van der Waals surface area contributed by atoms with E-state index in [9.17, 15) is 4.79 Å². The Morgan fingerprint density at radius 3 is 2.61 bits per heavy atom. The van der Waals surface area contributed by atoms with Gasteiger partial charge in [-0.15, -0.1) is 0 Å². The molecular weight excluding hydrogens is 442 g/mol. The zero-order valence-electron chi connectivity index (χ0n) is 16.2. The maximum absolute atomic E-state index is 12.4. The number of ether oxygens (including phenoxy) is 2. The summed E-state index contributed by atoms with van der Waals surface area (Å²) in [5, 5.41) is 1.79. The molecule has 2 aromatic carbocycles. The van der Waals surface area contributed by atoms with Crippen LogP contribution in [0.2, 0.25) is 5.02 Å². The number of esters is 1. The molecule has 0 aliphatic carbocycles. The van der Waals surface area contributed by atoms with Gasteiger partial charge in [0.05, 0.1) is 13.2 Å². The number of rotatable bonds is 7. The van der Waals surface area contributed by atoms with Crippen LogP contribution in [0, 0.1) is 13.8 Å². The third-order valence-electron chi connectivity index (χ3n) is 4.61. The second-order valence-electron chi connectivity index (χ2n) is 6.68. The normalized spacial score (nSPS) is 11.0. The first-order chi connectivity index (χ1) is 13.4. The van der Waals surface area contributed by atoms with E-state index in [1.54, 1.807) is 6.92 Å². The fraction of sp³-hybridized carbons (Fsp3) is 0.318. The van der Waals surface area contributed by atoms with Crippen molar-refractivity contribution in [3.63, 3.8) is 0 Å². The van der Waals surface area contributed by atoms with E-state index in [-0.39, 0.29) is 5.97 Å². The Kier molecular flexibility index (Phi) is 6.68. The Morgan fingerprint density at radius 1 is 1.21 bits per heavy atom. The highest BCUT2D eigenvalue weighted by Crippen LogP contribution is 2.31. The van der Waals surface area contributed by atoms with Gasteiger partial charge in [-0.3, -0.25) is 0 Å². The van der Waals surface area contributed by atoms with Crippen LogP contribution >= 0.6 is 27.5 Å². The van der Waals surface area contributed by atoms with Gasteiger partial charge in [-0.2, -0.15) is 0 Å². The van der Waals surface area contributed by atoms with Crippen molar-refractivity contribution in [3.05, 3.63) is 62.2 Å². The second kappa shape index (κ2) is 9.01. The average molecular weight is 465 g/mol. The first-order valence-corrected chi connectivity index (χ1v) is 10.4. The van der Waals surface area contributed by atoms with Gasteiger partial charge >= 0.3 is 5.97 Å². The first-order valence-electron chi connectivity index (χ1n) is 9.28. The number of aromatic amines is 1. The molecule has 0 saturated heterocycles. The summed E-state index contributed by atoms with van der Waals surface area (Å²) in [6, 6.07) is 9.77. The van der Waals surface area contributed by atoms with Crippen molar-refractivity contribution in [1.82, 2.24) is 4.98 Å². The average Bonchev–Trinajstić information content (AvgIpc) is 3.03. The molecule has 0 aliphatic rings. The largest absolute Gasteiger partial charge is 0.494 e. The van der Waals surface area contributed by atoms with Crippen molar-refractivity contribution in [2.24, 2.45) is 0 Å². The summed E-state index contributed by atoms with van der Waals surface area (Å²) in [6.45, 7) is 6.63. The van der Waals surface area contributed by atoms with E-state index in [2.05, 4.69) is 20.9 Å². The Bertz CT molecular complexity index is 989. The third kappa shape index (κ3) is 4.36. The van der Waals surface area contributed by atoms with Crippen molar-refractivity contribution in [3.8, 4) is 5.75 Å². The molecule has 0 radical (unpaired) electrons. The summed E-state index contributed by atoms with van der Waals surface area (Å²) in [7, 11) is 0. The summed E-state index contributed by atoms with van der Waals surface area (Å²) in [5.41, 5.74) is 4.39. The number of fused-ring (bicyclic) bond motifs is 1. The molecule has 1 N–H and O–H groups in total. The molecule has 0 aliphatic heterocycles. The molecule has 1 aromatic heterocycles. The number of halogens is 2. The number of hydrogen-bond acceptors (Lipinski definition) is 3. The lowest BCUT2D eigenvalue weighted by molar-refractivity contribution is 0.0519. The molecule has 0 saturated carbocycles. The van der Waals surface area contributed by atoms with E-state index in [1.807, 2.05) is 44.2 Å². The molecule has 4 nitrogen and oxygen atoms in total. The van der Waals surface area contributed by atoms with Crippen LogP contribution < -0.4 is 4.74 Å². The number of carbonyl (C=O) groups excluding carboxylic acids is 1. The van der Waals surface area contributed by atoms with E-state index in [0.717, 1.165) is 49.3 Å². The summed E-state index contributed by atoms with van der Waals surface area (Å²) in [6.07, 6.45) is 1.46. The molecule has 148 valence electrons. The highest BCUT2D eigenvalue weighted by atomic mass is 79.9. The molecule has 0 atom stereocenters. The lowest BCUT2D eigenvalue weighted by atomic mass is 10.1. The molecule has 3 rings (SSSR count). The number of hydrogen-bond donors (Lipinski definition) is 1. The van der Waals surface area contributed by atoms with Crippen molar-refractivity contribution >= 4 is 44.4 Å². The van der Waals surface area contributed by atoms with Crippen LogP contribution in [0.25, 0.3) is 10.9 Å². The van der Waals surface area contributed by atoms with Gasteiger partial charge in [-0.05, 0) is 74.6 Å². The van der Waals surface area contributed by atoms with E-state index >= 15 is 0 Å². The Morgan fingerprint density at radius 2 is 1.93 bits per heavy atom. The van der Waals surface area contributed by atoms with Crippen LogP contribution in [-0.2, 0) is 11.2 Å². The number of aryl methyl sites for hydroxylation is 3. The molecule has 0 unspecified atom stereocenters. The number of aromatic nitrogens is 1. The SMILES string of the molecule is CCOC(=O)c1[nH]c2cccc(Br)c2c1CCCOc1cc(C)c(Cl)c(C)c1. The Balaban J connectivity index is 1.76. The van der Waals surface area contributed by atoms with E-state index in [0.29, 0.717) is 25.3 Å². The molecule has 0 fully saturated rings. The van der Waals surface area contributed by atoms with Gasteiger partial charge in [-0.1, -0.05) is 33.6 Å². The predicted octanol–water partition coefficient (Wildman–Crippen LogP) is 6.39. The van der Waals surface area contributed by atoms with Crippen LogP contribution in [0.15, 0.2) is 34.8 Å². The van der Waals surface area contributed by atoms with Crippen LogP contribution in [-0.4, -0.2) is 24.2 Å². The quantitative estimate of drug-likeness (QED) is 0.325. The predicted molar refractivity (Wildman–Crippen MR) is 117 cm³/mol. The van der Waals surface area contributed by atoms with E-state index < -0.39 is 0 Å². The Hall–Kier alpha value is -1.98. The molecule has 0 bridgehead atoms. The monoisotopic (exact) mass is 463 g/mol. The summed E-state index contributed by atoms with van der Waals surface area (Å²) >= 11 is 9.82. The minimum atomic E-state index is -0.328. The fourth-order valence-corrected chi connectivity index (χ4v) is 4.04. The van der Waals surface area contributed by atoms with Crippen molar-refractivity contribution in [1.29, 1.82) is 0 Å². The molecule has 3 aromatic rings. The van der Waals surface area contributed by atoms with Gasteiger partial charge in [0.15, 0.2) is 0 Å². The molecule has 28 heavy (non-hydrogen) atoms. The first kappa shape index (κ1) is 20.7. The highest BCUT2D eigenvalue weighted by Gasteiger charge is 2.20. The zero-order chi connectivity index (χ0) is 20.3. The van der Waals surface area contributed by atoms with Crippen LogP contribution in [0.1, 0.15) is 40.5 Å². The molecule has 0 spiro atoms. The number of nitrogens with one attached hydrogen (secondary N) is 1. The molecule has 6 heteroatoms. The summed E-state index contributed by atoms with van der Waals surface area (Å²) in [5.74, 6) is 0.482. The van der Waals surface area contributed by atoms with Crippen molar-refractivity contribution in [2.45, 2.75) is 33.6 Å². The summed E-state index contributed by atoms with van der Waals surface area (Å²) in [4.78, 5) is 15.6. The van der Waals surface area contributed by atoms with Crippen LogP contribution in [0.5, 0.6) is 5.75 Å². The highest BCUT2D eigenvalue weighted by molar-refractivity contribution is 9.10. The zero-order valence-corrected chi connectivity index (χ0v) is 18.5. The van der Waals surface area contributed by atoms with Crippen LogP contribution in [0.3, 0.4) is 0 Å². The van der Waals surface area contributed by atoms with Crippen molar-refractivity contribution in [2.75, 3.05) is 13.2 Å². The minimum absolute atomic E-state index is 0.328. The molecule has 0 amide bonds. The number of benzene rings is 2. The summed E-state index contributed by atoms with van der Waals surface area (Å²) < 4.78 is 12.1. The van der Waals surface area contributed by atoms with Gasteiger partial charge < -0.3 is 14.5 Å². The minimum Gasteiger partial charge on any atom is -0.494 e. The van der Waals surface area contributed by atoms with Gasteiger partial charge in [0.25, 0.3) is 0 Å². The molecule has 1 heterocycles. The topological polar surface area (TPSA) is 51.3 Å². The van der Waals surface area contributed by atoms with Gasteiger partial charge in [-0.25, -0.2) is 4.79 Å². The lowest BCUT2D eigenvalue weighted by Gasteiger charge is -2.10. The smallest absolute Gasteiger partial charge is 0.355 e. The van der Waals surface area contributed by atoms with E-state index in [1.165, 1.54) is 0 Å². The van der Waals surface area contributed by atoms with Gasteiger partial charge in [0, 0.05) is 20.4 Å². The van der Waals surface area contributed by atoms with E-state index in [4.69, 9.17) is 21.1 Å². The third-order valence-corrected chi connectivity index (χ3v) is 5.86. The van der Waals surface area contributed by atoms with Gasteiger partial charge in [0.1, 0.15) is 11.4 Å². The van der Waals surface area contributed by atoms with Gasteiger partial charge in [0.2, 0.25) is 0 Å². The Labute approximate surface area is 178 Å². The second-order valence-corrected chi connectivity index (χ2v) is 7.92. The number of H-pyrrole nitrogens is 1. The standard InChI is InChI=1S/C22H23BrClNO3/c1-4-27-22(26)21-16(19-17(23)8-5-9-18(19)25-21)7-6-10-28-15-11-13(2)20(24)14(3)12-15/h5,8-9,11-12,25H,4,6-7,10H2,1-3H3. The number of carbonyl (C=O) groups is 1. The molecular formula is C22H23BrClNO3. The van der Waals surface area contributed by atoms with Crippen LogP contribution in [0.4, 0.5) is 0 Å². The lowest BCUT2D eigenvalue weighted by Crippen LogP contribution is -2.09. The maximum Gasteiger partial charge on any atom is 0.355 e. The van der Waals surface area contributed by atoms with Crippen molar-refractivity contribution < 1.29 is 14.3 Å². The fourth-order valence-electron chi connectivity index (χ4n) is 3.33. The maximum atomic E-state index is 12.4.